The number of nitrogens with one attached hydrogen (secondary N) is 1. The van der Waals surface area contributed by atoms with Crippen LogP contribution in [0.25, 0.3) is 6.08 Å². The fourth-order valence-electron chi connectivity index (χ4n) is 4.05. The summed E-state index contributed by atoms with van der Waals surface area (Å²) in [5.41, 5.74) is 3.74. The van der Waals surface area contributed by atoms with E-state index in [0.717, 1.165) is 39.9 Å². The van der Waals surface area contributed by atoms with Crippen molar-refractivity contribution in [2.45, 2.75) is 12.5 Å². The summed E-state index contributed by atoms with van der Waals surface area (Å²) in [6.45, 7) is 0. The van der Waals surface area contributed by atoms with E-state index in [0.29, 0.717) is 17.2 Å². The number of non-ortho nitro benzene ring substituents is 1. The standard InChI is InChI=1S/C26H20N4O4S/c1-34-21-13-9-19(10-14-21)23-16-22(18-5-3-2-4-6-18)28-29(23)25-24(35-26(31)27-25)15-17-7-11-20(12-8-17)30(32)33/h2-15,23H,16H2,1H3/p+1/b24-15-/t23-/m0/s1. The van der Waals surface area contributed by atoms with Crippen molar-refractivity contribution in [3.05, 3.63) is 111 Å². The van der Waals surface area contributed by atoms with Gasteiger partial charge in [0.2, 0.25) is 0 Å². The summed E-state index contributed by atoms with van der Waals surface area (Å²) in [4.78, 5) is 23.7. The molecule has 0 aliphatic carbocycles. The number of nitro benzene ring substituents is 1. The van der Waals surface area contributed by atoms with E-state index in [2.05, 4.69) is 5.32 Å². The van der Waals surface area contributed by atoms with Crippen molar-refractivity contribution >= 4 is 40.3 Å². The molecule has 2 heterocycles. The summed E-state index contributed by atoms with van der Waals surface area (Å²) in [5.74, 6) is 1.35. The number of benzene rings is 3. The van der Waals surface area contributed by atoms with Crippen molar-refractivity contribution in [1.29, 1.82) is 0 Å². The highest BCUT2D eigenvalue weighted by molar-refractivity contribution is 8.18. The van der Waals surface area contributed by atoms with E-state index >= 15 is 0 Å². The van der Waals surface area contributed by atoms with Crippen molar-refractivity contribution in [1.82, 2.24) is 5.32 Å². The van der Waals surface area contributed by atoms with Gasteiger partial charge in [0, 0.05) is 30.3 Å². The van der Waals surface area contributed by atoms with Crippen molar-refractivity contribution in [2.24, 2.45) is 5.10 Å². The van der Waals surface area contributed by atoms with Gasteiger partial charge in [0.05, 0.1) is 17.7 Å². The third-order valence-corrected chi connectivity index (χ3v) is 6.62. The first kappa shape index (κ1) is 22.5. The van der Waals surface area contributed by atoms with Crippen LogP contribution in [-0.4, -0.2) is 33.5 Å². The summed E-state index contributed by atoms with van der Waals surface area (Å²) < 4.78 is 7.17. The number of ether oxygens (including phenoxy) is 1. The largest absolute Gasteiger partial charge is 0.497 e. The second kappa shape index (κ2) is 9.55. The van der Waals surface area contributed by atoms with Crippen LogP contribution in [0.15, 0.2) is 88.9 Å². The SMILES string of the molecule is COc1ccc([C@@H]2CC(c3ccccc3)=N/[N+]2=C2/NC(=O)S/C2=C\c2ccc([N+](=O)[O-])cc2)cc1. The minimum atomic E-state index is -0.437. The number of carbonyl (C=O) groups excluding carboxylic acids is 1. The second-order valence-electron chi connectivity index (χ2n) is 7.97. The predicted molar refractivity (Wildman–Crippen MR) is 136 cm³/mol. The molecule has 1 amide bonds. The number of hydrazone groups is 1. The maximum absolute atomic E-state index is 12.4. The van der Waals surface area contributed by atoms with Gasteiger partial charge in [-0.1, -0.05) is 47.6 Å². The van der Waals surface area contributed by atoms with Crippen LogP contribution in [0.5, 0.6) is 5.75 Å². The highest BCUT2D eigenvalue weighted by atomic mass is 32.2. The molecule has 174 valence electrons. The topological polar surface area (TPSA) is 96.8 Å². The molecule has 1 atom stereocenters. The van der Waals surface area contributed by atoms with Crippen LogP contribution in [0.3, 0.4) is 0 Å². The predicted octanol–water partition coefficient (Wildman–Crippen LogP) is 5.36. The molecule has 2 aliphatic heterocycles. The van der Waals surface area contributed by atoms with Gasteiger partial charge in [-0.15, -0.1) is 4.68 Å². The molecule has 0 saturated carbocycles. The van der Waals surface area contributed by atoms with Crippen LogP contribution in [-0.2, 0) is 0 Å². The zero-order valence-electron chi connectivity index (χ0n) is 18.8. The Morgan fingerprint density at radius 2 is 1.80 bits per heavy atom. The Labute approximate surface area is 205 Å². The van der Waals surface area contributed by atoms with Gasteiger partial charge >= 0.3 is 11.1 Å². The normalized spacial score (nSPS) is 20.6. The van der Waals surface area contributed by atoms with Gasteiger partial charge in [-0.25, -0.2) is 4.79 Å². The monoisotopic (exact) mass is 485 g/mol. The minimum Gasteiger partial charge on any atom is -0.497 e. The molecule has 8 nitrogen and oxygen atoms in total. The lowest BCUT2D eigenvalue weighted by atomic mass is 9.99. The molecule has 35 heavy (non-hydrogen) atoms. The Kier molecular flexibility index (Phi) is 6.15. The fourth-order valence-corrected chi connectivity index (χ4v) is 4.83. The zero-order chi connectivity index (χ0) is 24.4. The van der Waals surface area contributed by atoms with E-state index in [1.165, 1.54) is 12.1 Å². The molecule has 3 aromatic rings. The number of thioether (sulfide) groups is 1. The van der Waals surface area contributed by atoms with E-state index in [1.807, 2.05) is 65.4 Å². The zero-order valence-corrected chi connectivity index (χ0v) is 19.6. The van der Waals surface area contributed by atoms with Gasteiger partial charge in [0.25, 0.3) is 5.69 Å². The molecule has 0 aromatic heterocycles. The van der Waals surface area contributed by atoms with Crippen LogP contribution >= 0.6 is 11.8 Å². The van der Waals surface area contributed by atoms with Gasteiger partial charge in [-0.2, -0.15) is 5.32 Å². The summed E-state index contributed by atoms with van der Waals surface area (Å²) >= 11 is 1.08. The summed E-state index contributed by atoms with van der Waals surface area (Å²) in [6, 6.07) is 23.9. The second-order valence-corrected chi connectivity index (χ2v) is 8.99. The molecule has 2 aliphatic rings. The van der Waals surface area contributed by atoms with Gasteiger partial charge in [-0.05, 0) is 47.0 Å². The van der Waals surface area contributed by atoms with Crippen molar-refractivity contribution in [2.75, 3.05) is 7.11 Å². The number of amidine groups is 1. The average Bonchev–Trinajstić information content (AvgIpc) is 3.48. The number of amides is 1. The van der Waals surface area contributed by atoms with Gasteiger partial charge < -0.3 is 4.74 Å². The highest BCUT2D eigenvalue weighted by Crippen LogP contribution is 2.35. The number of hydrogen-bond acceptors (Lipinski definition) is 6. The number of carbonyl (C=O) groups is 1. The van der Waals surface area contributed by atoms with Crippen LogP contribution in [0.4, 0.5) is 10.5 Å². The smallest absolute Gasteiger partial charge is 0.372 e. The quantitative estimate of drug-likeness (QED) is 0.298. The molecule has 0 spiro atoms. The molecule has 1 N–H and O–H groups in total. The first-order valence-corrected chi connectivity index (χ1v) is 11.7. The summed E-state index contributed by atoms with van der Waals surface area (Å²) in [6.07, 6.45) is 2.49. The van der Waals surface area contributed by atoms with E-state index in [9.17, 15) is 14.9 Å². The van der Waals surface area contributed by atoms with E-state index < -0.39 is 4.92 Å². The van der Waals surface area contributed by atoms with Crippen LogP contribution < -0.4 is 10.1 Å². The molecule has 1 fully saturated rings. The van der Waals surface area contributed by atoms with Crippen molar-refractivity contribution < 1.29 is 19.1 Å². The maximum Gasteiger partial charge on any atom is 0.372 e. The van der Waals surface area contributed by atoms with E-state index in [4.69, 9.17) is 9.84 Å². The molecular formula is C26H21N4O4S+. The molecule has 0 radical (unpaired) electrons. The number of methoxy groups -OCH3 is 1. The highest BCUT2D eigenvalue weighted by Gasteiger charge is 2.40. The van der Waals surface area contributed by atoms with Gasteiger partial charge in [-0.3, -0.25) is 10.1 Å². The molecule has 3 aromatic carbocycles. The third kappa shape index (κ3) is 4.71. The molecule has 0 bridgehead atoms. The Hall–Kier alpha value is -4.24. The van der Waals surface area contributed by atoms with E-state index in [-0.39, 0.29) is 17.0 Å². The number of nitrogens with zero attached hydrogens (tertiary/aromatic N) is 3. The van der Waals surface area contributed by atoms with E-state index in [1.54, 1.807) is 19.2 Å². The first-order valence-electron chi connectivity index (χ1n) is 10.9. The fraction of sp³-hybridized carbons (Fsp3) is 0.115. The van der Waals surface area contributed by atoms with Gasteiger partial charge in [0.1, 0.15) is 10.7 Å². The number of hydrogen-bond donors (Lipinski definition) is 1. The van der Waals surface area contributed by atoms with Crippen LogP contribution in [0, 0.1) is 10.1 Å². The van der Waals surface area contributed by atoms with Gasteiger partial charge in [0.15, 0.2) is 6.04 Å². The Morgan fingerprint density at radius 3 is 2.46 bits per heavy atom. The Balaban J connectivity index is 1.60. The average molecular weight is 486 g/mol. The maximum atomic E-state index is 12.4. The molecule has 5 rings (SSSR count). The number of nitro groups is 1. The first-order chi connectivity index (χ1) is 17.0. The molecule has 0 unspecified atom stereocenters. The lowest BCUT2D eigenvalue weighted by Gasteiger charge is -2.11. The Bertz CT molecular complexity index is 1380. The molecule has 9 heteroatoms. The lowest BCUT2D eigenvalue weighted by molar-refractivity contribution is -0.568. The van der Waals surface area contributed by atoms with Crippen molar-refractivity contribution in [3.8, 4) is 5.75 Å². The van der Waals surface area contributed by atoms with Crippen molar-refractivity contribution in [3.63, 3.8) is 0 Å². The Morgan fingerprint density at radius 1 is 1.09 bits per heavy atom. The molecule has 1 saturated heterocycles. The lowest BCUT2D eigenvalue weighted by Crippen LogP contribution is -2.29. The number of rotatable bonds is 5. The third-order valence-electron chi connectivity index (χ3n) is 5.81. The van der Waals surface area contributed by atoms with Crippen LogP contribution in [0.1, 0.15) is 29.2 Å². The van der Waals surface area contributed by atoms with Crippen LogP contribution in [0.2, 0.25) is 0 Å². The minimum absolute atomic E-state index is 0.0147. The summed E-state index contributed by atoms with van der Waals surface area (Å²) in [5, 5.41) is 18.7. The molecular weight excluding hydrogens is 464 g/mol. The summed E-state index contributed by atoms with van der Waals surface area (Å²) in [7, 11) is 1.63.